The summed E-state index contributed by atoms with van der Waals surface area (Å²) in [6.07, 6.45) is 0. The van der Waals surface area contributed by atoms with Gasteiger partial charge in [0.2, 0.25) is 0 Å². The first kappa shape index (κ1) is 20.7. The van der Waals surface area contributed by atoms with Crippen molar-refractivity contribution in [2.45, 2.75) is 0 Å². The largest absolute Gasteiger partial charge is 0.497 e. The predicted octanol–water partition coefficient (Wildman–Crippen LogP) is 3.85. The van der Waals surface area contributed by atoms with Crippen LogP contribution in [-0.4, -0.2) is 51.4 Å². The molecule has 0 aliphatic carbocycles. The van der Waals surface area contributed by atoms with E-state index in [4.69, 9.17) is 19.2 Å². The van der Waals surface area contributed by atoms with Gasteiger partial charge in [-0.05, 0) is 36.4 Å². The summed E-state index contributed by atoms with van der Waals surface area (Å²) in [5.41, 5.74) is 2.87. The molecule has 31 heavy (non-hydrogen) atoms. The molecule has 1 aliphatic rings. The van der Waals surface area contributed by atoms with E-state index in [9.17, 15) is 4.79 Å². The topological polar surface area (TPSA) is 72.9 Å². The Morgan fingerprint density at radius 1 is 0.968 bits per heavy atom. The summed E-state index contributed by atoms with van der Waals surface area (Å²) in [5.74, 6) is 1.85. The Hall–Kier alpha value is -3.58. The van der Waals surface area contributed by atoms with E-state index in [2.05, 4.69) is 10.2 Å². The summed E-state index contributed by atoms with van der Waals surface area (Å²) >= 11 is 0. The molecule has 7 heteroatoms. The minimum atomic E-state index is -0.223. The Labute approximate surface area is 181 Å². The Morgan fingerprint density at radius 3 is 2.42 bits per heavy atom. The molecule has 4 rings (SSSR count). The van der Waals surface area contributed by atoms with Crippen LogP contribution >= 0.6 is 0 Å². The van der Waals surface area contributed by atoms with E-state index in [1.807, 2.05) is 54.6 Å². The Kier molecular flexibility index (Phi) is 6.33. The van der Waals surface area contributed by atoms with Crippen molar-refractivity contribution in [3.05, 3.63) is 66.2 Å². The van der Waals surface area contributed by atoms with E-state index >= 15 is 0 Å². The molecule has 2 aromatic carbocycles. The number of rotatable bonds is 6. The maximum absolute atomic E-state index is 13.2. The molecule has 0 saturated carbocycles. The summed E-state index contributed by atoms with van der Waals surface area (Å²) in [6, 6.07) is 18.7. The maximum Gasteiger partial charge on any atom is 0.259 e. The van der Waals surface area contributed by atoms with Gasteiger partial charge in [0.25, 0.3) is 5.91 Å². The quantitative estimate of drug-likeness (QED) is 0.654. The summed E-state index contributed by atoms with van der Waals surface area (Å²) in [7, 11) is 3.23. The molecule has 1 aliphatic heterocycles. The molecule has 1 aromatic heterocycles. The molecule has 160 valence electrons. The molecule has 7 nitrogen and oxygen atoms in total. The zero-order chi connectivity index (χ0) is 21.6. The first-order valence-corrected chi connectivity index (χ1v) is 10.1. The second-order valence-corrected chi connectivity index (χ2v) is 7.09. The number of benzene rings is 2. The molecular formula is C24H25N3O4. The number of methoxy groups -OCH3 is 2. The van der Waals surface area contributed by atoms with Gasteiger partial charge in [-0.2, -0.15) is 0 Å². The van der Waals surface area contributed by atoms with Crippen molar-refractivity contribution in [1.82, 2.24) is 4.98 Å². The van der Waals surface area contributed by atoms with Crippen molar-refractivity contribution in [3.8, 4) is 22.8 Å². The predicted molar refractivity (Wildman–Crippen MR) is 120 cm³/mol. The molecule has 0 bridgehead atoms. The van der Waals surface area contributed by atoms with Crippen LogP contribution in [0.2, 0.25) is 0 Å². The fraction of sp³-hybridized carbons (Fsp3) is 0.250. The fourth-order valence-corrected chi connectivity index (χ4v) is 3.48. The molecule has 0 radical (unpaired) electrons. The second kappa shape index (κ2) is 9.49. The monoisotopic (exact) mass is 419 g/mol. The Morgan fingerprint density at radius 2 is 1.68 bits per heavy atom. The third kappa shape index (κ3) is 4.78. The van der Waals surface area contributed by atoms with Crippen LogP contribution in [0.3, 0.4) is 0 Å². The lowest BCUT2D eigenvalue weighted by molar-refractivity contribution is 0.102. The number of hydrogen-bond donors (Lipinski definition) is 1. The fourth-order valence-electron chi connectivity index (χ4n) is 3.48. The average Bonchev–Trinajstić information content (AvgIpc) is 2.84. The zero-order valence-electron chi connectivity index (χ0n) is 17.6. The highest BCUT2D eigenvalue weighted by atomic mass is 16.5. The van der Waals surface area contributed by atoms with Crippen LogP contribution in [0.5, 0.6) is 11.5 Å². The third-order valence-corrected chi connectivity index (χ3v) is 5.12. The minimum Gasteiger partial charge on any atom is -0.497 e. The van der Waals surface area contributed by atoms with Gasteiger partial charge in [0.15, 0.2) is 0 Å². The van der Waals surface area contributed by atoms with Gasteiger partial charge in [-0.25, -0.2) is 4.98 Å². The summed E-state index contributed by atoms with van der Waals surface area (Å²) in [5, 5.41) is 2.95. The molecule has 0 atom stereocenters. The smallest absolute Gasteiger partial charge is 0.259 e. The molecule has 0 unspecified atom stereocenters. The van der Waals surface area contributed by atoms with Crippen LogP contribution in [0.4, 0.5) is 11.5 Å². The van der Waals surface area contributed by atoms with Crippen LogP contribution in [0.25, 0.3) is 11.3 Å². The van der Waals surface area contributed by atoms with Crippen molar-refractivity contribution in [2.24, 2.45) is 0 Å². The van der Waals surface area contributed by atoms with E-state index in [1.54, 1.807) is 20.3 Å². The van der Waals surface area contributed by atoms with Crippen molar-refractivity contribution >= 4 is 17.4 Å². The van der Waals surface area contributed by atoms with Crippen molar-refractivity contribution in [2.75, 3.05) is 50.7 Å². The number of pyridine rings is 1. The van der Waals surface area contributed by atoms with E-state index < -0.39 is 0 Å². The molecule has 2 heterocycles. The van der Waals surface area contributed by atoms with Gasteiger partial charge in [-0.15, -0.1) is 0 Å². The number of ether oxygens (including phenoxy) is 3. The SMILES string of the molecule is COc1cccc(NC(=O)c2ccc(-c3cccc(OC)c3)nc2N2CCOCC2)c1. The van der Waals surface area contributed by atoms with Gasteiger partial charge >= 0.3 is 0 Å². The molecule has 1 saturated heterocycles. The standard InChI is InChI=1S/C24H25N3O4/c1-29-19-7-3-5-17(15-19)22-10-9-21(23(26-22)27-11-13-31-14-12-27)24(28)25-18-6-4-8-20(16-18)30-2/h3-10,15-16H,11-14H2,1-2H3,(H,25,28). The van der Waals surface area contributed by atoms with Crippen molar-refractivity contribution in [1.29, 1.82) is 0 Å². The number of amides is 1. The van der Waals surface area contributed by atoms with E-state index in [0.29, 0.717) is 49.1 Å². The zero-order valence-corrected chi connectivity index (χ0v) is 17.6. The first-order valence-electron chi connectivity index (χ1n) is 10.1. The van der Waals surface area contributed by atoms with Crippen molar-refractivity contribution < 1.29 is 19.0 Å². The number of carbonyl (C=O) groups is 1. The van der Waals surface area contributed by atoms with Crippen LogP contribution in [0, 0.1) is 0 Å². The average molecular weight is 419 g/mol. The highest BCUT2D eigenvalue weighted by molar-refractivity contribution is 6.08. The Bertz CT molecular complexity index is 1060. The molecular weight excluding hydrogens is 394 g/mol. The highest BCUT2D eigenvalue weighted by Crippen LogP contribution is 2.28. The lowest BCUT2D eigenvalue weighted by Crippen LogP contribution is -2.38. The first-order chi connectivity index (χ1) is 15.2. The van der Waals surface area contributed by atoms with Crippen LogP contribution in [0.15, 0.2) is 60.7 Å². The molecule has 1 N–H and O–H groups in total. The van der Waals surface area contributed by atoms with Crippen LogP contribution < -0.4 is 19.7 Å². The lowest BCUT2D eigenvalue weighted by Gasteiger charge is -2.29. The number of anilines is 2. The van der Waals surface area contributed by atoms with E-state index in [-0.39, 0.29) is 5.91 Å². The molecule has 1 fully saturated rings. The van der Waals surface area contributed by atoms with Gasteiger partial charge in [0, 0.05) is 30.4 Å². The summed E-state index contributed by atoms with van der Waals surface area (Å²) < 4.78 is 16.1. The number of aromatic nitrogens is 1. The molecule has 3 aromatic rings. The Balaban J connectivity index is 1.69. The van der Waals surface area contributed by atoms with Gasteiger partial charge in [0.05, 0.1) is 38.7 Å². The second-order valence-electron chi connectivity index (χ2n) is 7.09. The van der Waals surface area contributed by atoms with Gasteiger partial charge < -0.3 is 24.4 Å². The number of carbonyl (C=O) groups excluding carboxylic acids is 1. The van der Waals surface area contributed by atoms with Gasteiger partial charge in [0.1, 0.15) is 17.3 Å². The molecule has 1 amide bonds. The van der Waals surface area contributed by atoms with Crippen LogP contribution in [-0.2, 0) is 4.74 Å². The highest BCUT2D eigenvalue weighted by Gasteiger charge is 2.22. The normalized spacial score (nSPS) is 13.5. The van der Waals surface area contributed by atoms with E-state index in [0.717, 1.165) is 17.0 Å². The molecule has 0 spiro atoms. The van der Waals surface area contributed by atoms with Crippen LogP contribution in [0.1, 0.15) is 10.4 Å². The van der Waals surface area contributed by atoms with E-state index in [1.165, 1.54) is 0 Å². The number of nitrogens with zero attached hydrogens (tertiary/aromatic N) is 2. The minimum absolute atomic E-state index is 0.223. The van der Waals surface area contributed by atoms with Gasteiger partial charge in [-0.3, -0.25) is 4.79 Å². The third-order valence-electron chi connectivity index (χ3n) is 5.12. The van der Waals surface area contributed by atoms with Gasteiger partial charge in [-0.1, -0.05) is 18.2 Å². The number of hydrogen-bond acceptors (Lipinski definition) is 6. The maximum atomic E-state index is 13.2. The lowest BCUT2D eigenvalue weighted by atomic mass is 10.1. The number of morpholine rings is 1. The number of nitrogens with one attached hydrogen (secondary N) is 1. The summed E-state index contributed by atoms with van der Waals surface area (Å²) in [4.78, 5) is 20.1. The van der Waals surface area contributed by atoms with Crippen molar-refractivity contribution in [3.63, 3.8) is 0 Å². The summed E-state index contributed by atoms with van der Waals surface area (Å²) in [6.45, 7) is 2.55.